The number of unbranched alkanes of at least 4 members (excludes halogenated alkanes) is 2. The summed E-state index contributed by atoms with van der Waals surface area (Å²) in [6.45, 7) is 2.90. The highest BCUT2D eigenvalue weighted by molar-refractivity contribution is 5.94. The Bertz CT molecular complexity index is 955. The maximum atomic E-state index is 13.3. The predicted molar refractivity (Wildman–Crippen MR) is 123 cm³/mol. The van der Waals surface area contributed by atoms with Crippen molar-refractivity contribution in [3.63, 3.8) is 0 Å². The van der Waals surface area contributed by atoms with Crippen LogP contribution in [-0.4, -0.2) is 19.1 Å². The maximum absolute atomic E-state index is 13.3. The predicted octanol–water partition coefficient (Wildman–Crippen LogP) is 5.90. The summed E-state index contributed by atoms with van der Waals surface area (Å²) in [6, 6.07) is 23.0. The molecule has 0 heterocycles. The minimum absolute atomic E-state index is 0.185. The van der Waals surface area contributed by atoms with Crippen LogP contribution in [0.25, 0.3) is 0 Å². The summed E-state index contributed by atoms with van der Waals surface area (Å²) < 4.78 is 19.2. The van der Waals surface area contributed by atoms with Gasteiger partial charge >= 0.3 is 0 Å². The first-order valence-electron chi connectivity index (χ1n) is 10.9. The number of hydrogen-bond donors (Lipinski definition) is 1. The van der Waals surface area contributed by atoms with Gasteiger partial charge in [-0.3, -0.25) is 4.79 Å². The molecule has 0 atom stereocenters. The average molecular weight is 420 g/mol. The molecule has 3 aromatic rings. The third kappa shape index (κ3) is 7.56. The summed E-state index contributed by atoms with van der Waals surface area (Å²) in [4.78, 5) is 12.2. The first-order valence-corrected chi connectivity index (χ1v) is 10.9. The molecular weight excluding hydrogens is 389 g/mol. The fourth-order valence-electron chi connectivity index (χ4n) is 3.40. The summed E-state index contributed by atoms with van der Waals surface area (Å²) in [5.41, 5.74) is 3.47. The van der Waals surface area contributed by atoms with Crippen LogP contribution in [-0.2, 0) is 12.8 Å². The monoisotopic (exact) mass is 419 g/mol. The third-order valence-corrected chi connectivity index (χ3v) is 5.26. The molecule has 0 radical (unpaired) electrons. The van der Waals surface area contributed by atoms with Crippen molar-refractivity contribution in [2.75, 3.05) is 13.2 Å². The zero-order valence-electron chi connectivity index (χ0n) is 18.1. The van der Waals surface area contributed by atoms with E-state index in [4.69, 9.17) is 4.74 Å². The number of ether oxygens (including phenoxy) is 1. The second kappa shape index (κ2) is 11.9. The van der Waals surface area contributed by atoms with Crippen molar-refractivity contribution in [2.45, 2.75) is 39.0 Å². The largest absolute Gasteiger partial charge is 0.494 e. The molecule has 0 saturated carbocycles. The number of hydrogen-bond acceptors (Lipinski definition) is 2. The number of nitrogens with one attached hydrogen (secondary N) is 1. The van der Waals surface area contributed by atoms with Crippen molar-refractivity contribution in [3.8, 4) is 5.75 Å². The molecule has 0 saturated heterocycles. The lowest BCUT2D eigenvalue weighted by Crippen LogP contribution is -2.25. The van der Waals surface area contributed by atoms with Gasteiger partial charge in [0.2, 0.25) is 0 Å². The lowest BCUT2D eigenvalue weighted by molar-refractivity contribution is 0.0954. The molecule has 0 unspecified atom stereocenters. The molecule has 0 aromatic heterocycles. The second-order valence-electron chi connectivity index (χ2n) is 7.76. The van der Waals surface area contributed by atoms with E-state index in [-0.39, 0.29) is 11.7 Å². The van der Waals surface area contributed by atoms with Gasteiger partial charge in [-0.15, -0.1) is 0 Å². The lowest BCUT2D eigenvalue weighted by Gasteiger charge is -2.09. The molecule has 0 fully saturated rings. The van der Waals surface area contributed by atoms with Crippen molar-refractivity contribution in [1.82, 2.24) is 5.32 Å². The van der Waals surface area contributed by atoms with Crippen molar-refractivity contribution < 1.29 is 13.9 Å². The van der Waals surface area contributed by atoms with Crippen molar-refractivity contribution >= 4 is 5.91 Å². The minimum atomic E-state index is -0.300. The number of halogens is 1. The van der Waals surface area contributed by atoms with Crippen LogP contribution in [0.15, 0.2) is 72.8 Å². The molecule has 0 aliphatic heterocycles. The molecule has 0 bridgehead atoms. The molecule has 4 heteroatoms. The van der Waals surface area contributed by atoms with Crippen LogP contribution in [0.1, 0.15) is 46.3 Å². The Balaban J connectivity index is 1.30. The number of rotatable bonds is 11. The van der Waals surface area contributed by atoms with E-state index >= 15 is 0 Å². The summed E-state index contributed by atoms with van der Waals surface area (Å²) in [6.07, 6.45) is 5.22. The van der Waals surface area contributed by atoms with E-state index in [1.165, 1.54) is 24.1 Å². The zero-order chi connectivity index (χ0) is 21.9. The molecule has 31 heavy (non-hydrogen) atoms. The van der Waals surface area contributed by atoms with Gasteiger partial charge in [0.25, 0.3) is 5.91 Å². The molecule has 0 aliphatic rings. The Kier molecular flexibility index (Phi) is 8.65. The number of carbonyl (C=O) groups is 1. The molecular formula is C27H30FNO2. The molecule has 1 N–H and O–H groups in total. The van der Waals surface area contributed by atoms with E-state index < -0.39 is 0 Å². The van der Waals surface area contributed by atoms with Gasteiger partial charge in [-0.2, -0.15) is 0 Å². The SMILES string of the molecule is Cc1cc(C(=O)NCCc2ccc(OCCCCCc3ccccc3)cc2)ccc1F. The minimum Gasteiger partial charge on any atom is -0.494 e. The first kappa shape index (κ1) is 22.5. The zero-order valence-corrected chi connectivity index (χ0v) is 18.1. The Hall–Kier alpha value is -3.14. The van der Waals surface area contributed by atoms with Crippen molar-refractivity contribution in [3.05, 3.63) is 101 Å². The molecule has 0 spiro atoms. The molecule has 3 aromatic carbocycles. The molecule has 162 valence electrons. The molecule has 0 aliphatic carbocycles. The van der Waals surface area contributed by atoms with Crippen LogP contribution in [0.5, 0.6) is 5.75 Å². The fraction of sp³-hybridized carbons (Fsp3) is 0.296. The number of amides is 1. The fourth-order valence-corrected chi connectivity index (χ4v) is 3.40. The highest BCUT2D eigenvalue weighted by Crippen LogP contribution is 2.14. The summed E-state index contributed by atoms with van der Waals surface area (Å²) >= 11 is 0. The Morgan fingerprint density at radius 2 is 1.61 bits per heavy atom. The van der Waals surface area contributed by atoms with Gasteiger partial charge < -0.3 is 10.1 Å². The Morgan fingerprint density at radius 1 is 0.871 bits per heavy atom. The van der Waals surface area contributed by atoms with Crippen LogP contribution >= 0.6 is 0 Å². The van der Waals surface area contributed by atoms with Crippen LogP contribution in [0.2, 0.25) is 0 Å². The standard InChI is InChI=1S/C27H30FNO2/c1-21-20-24(13-16-26(21)28)27(30)29-18-17-23-11-14-25(15-12-23)31-19-7-3-6-10-22-8-4-2-5-9-22/h2,4-5,8-9,11-16,20H,3,6-7,10,17-19H2,1H3,(H,29,30). The molecule has 3 nitrogen and oxygen atoms in total. The van der Waals surface area contributed by atoms with Crippen LogP contribution in [0.3, 0.4) is 0 Å². The summed E-state index contributed by atoms with van der Waals surface area (Å²) in [5, 5.41) is 2.88. The van der Waals surface area contributed by atoms with Crippen LogP contribution in [0, 0.1) is 12.7 Å². The van der Waals surface area contributed by atoms with E-state index in [0.717, 1.165) is 43.6 Å². The van der Waals surface area contributed by atoms with Crippen molar-refractivity contribution in [1.29, 1.82) is 0 Å². The number of benzene rings is 3. The molecule has 1 amide bonds. The van der Waals surface area contributed by atoms with Crippen LogP contribution < -0.4 is 10.1 Å². The quantitative estimate of drug-likeness (QED) is 0.393. The normalized spacial score (nSPS) is 10.6. The van der Waals surface area contributed by atoms with Gasteiger partial charge in [0, 0.05) is 12.1 Å². The van der Waals surface area contributed by atoms with Gasteiger partial charge in [-0.05, 0) is 86.1 Å². The second-order valence-corrected chi connectivity index (χ2v) is 7.76. The summed E-state index contributed by atoms with van der Waals surface area (Å²) in [7, 11) is 0. The van der Waals surface area contributed by atoms with E-state index in [2.05, 4.69) is 29.6 Å². The van der Waals surface area contributed by atoms with E-state index in [1.807, 2.05) is 30.3 Å². The van der Waals surface area contributed by atoms with E-state index in [0.29, 0.717) is 17.7 Å². The van der Waals surface area contributed by atoms with Gasteiger partial charge in [0.1, 0.15) is 11.6 Å². The topological polar surface area (TPSA) is 38.3 Å². The smallest absolute Gasteiger partial charge is 0.251 e. The van der Waals surface area contributed by atoms with Gasteiger partial charge in [-0.1, -0.05) is 42.5 Å². The van der Waals surface area contributed by atoms with Crippen LogP contribution in [0.4, 0.5) is 4.39 Å². The highest BCUT2D eigenvalue weighted by atomic mass is 19.1. The van der Waals surface area contributed by atoms with Gasteiger partial charge in [0.15, 0.2) is 0 Å². The molecule has 3 rings (SSSR count). The number of aryl methyl sites for hydroxylation is 2. The van der Waals surface area contributed by atoms with Gasteiger partial charge in [-0.25, -0.2) is 4.39 Å². The van der Waals surface area contributed by atoms with Crippen molar-refractivity contribution in [2.24, 2.45) is 0 Å². The first-order chi connectivity index (χ1) is 15.1. The maximum Gasteiger partial charge on any atom is 0.251 e. The average Bonchev–Trinajstić information content (AvgIpc) is 2.79. The lowest BCUT2D eigenvalue weighted by atomic mass is 10.1. The highest BCUT2D eigenvalue weighted by Gasteiger charge is 2.07. The van der Waals surface area contributed by atoms with E-state index in [1.54, 1.807) is 13.0 Å². The Labute approximate surface area is 184 Å². The number of carbonyl (C=O) groups excluding carboxylic acids is 1. The summed E-state index contributed by atoms with van der Waals surface area (Å²) in [5.74, 6) is 0.388. The van der Waals surface area contributed by atoms with Gasteiger partial charge in [0.05, 0.1) is 6.61 Å². The third-order valence-electron chi connectivity index (χ3n) is 5.26. The van der Waals surface area contributed by atoms with E-state index in [9.17, 15) is 9.18 Å². The Morgan fingerprint density at radius 3 is 2.35 bits per heavy atom.